The Bertz CT molecular complexity index is 1370. The number of unbranched alkanes of at least 4 members (excludes halogenated alkanes) is 1. The number of fused-ring (bicyclic) bond motifs is 1. The number of nitrogens with zero attached hydrogens (tertiary/aromatic N) is 2. The Balaban J connectivity index is 1.25. The Morgan fingerprint density at radius 3 is 2.59 bits per heavy atom. The maximum atomic E-state index is 13.0. The van der Waals surface area contributed by atoms with Crippen molar-refractivity contribution in [2.45, 2.75) is 12.8 Å². The summed E-state index contributed by atoms with van der Waals surface area (Å²) in [6, 6.07) is 16.8. The zero-order valence-electron chi connectivity index (χ0n) is 17.1. The molecular formula is C25H19BrClN3O2. The summed E-state index contributed by atoms with van der Waals surface area (Å²) in [5.74, 6) is -0.452. The Morgan fingerprint density at radius 1 is 0.938 bits per heavy atom. The molecule has 1 aromatic heterocycles. The van der Waals surface area contributed by atoms with Gasteiger partial charge in [-0.3, -0.25) is 19.5 Å². The molecule has 0 bridgehead atoms. The van der Waals surface area contributed by atoms with Gasteiger partial charge in [0.1, 0.15) is 0 Å². The van der Waals surface area contributed by atoms with Gasteiger partial charge in [-0.15, -0.1) is 0 Å². The van der Waals surface area contributed by atoms with E-state index in [2.05, 4.69) is 26.2 Å². The molecule has 1 N–H and O–H groups in total. The number of halogens is 2. The molecule has 0 spiro atoms. The Morgan fingerprint density at radius 2 is 1.75 bits per heavy atom. The minimum Gasteiger partial charge on any atom is -0.384 e. The van der Waals surface area contributed by atoms with Gasteiger partial charge >= 0.3 is 0 Å². The first kappa shape index (κ1) is 20.9. The van der Waals surface area contributed by atoms with Crippen LogP contribution in [0.25, 0.3) is 21.7 Å². The number of pyridine rings is 1. The average molecular weight is 509 g/mol. The van der Waals surface area contributed by atoms with E-state index >= 15 is 0 Å². The molecule has 1 aliphatic heterocycles. The van der Waals surface area contributed by atoms with Gasteiger partial charge in [0, 0.05) is 56.4 Å². The summed E-state index contributed by atoms with van der Waals surface area (Å²) >= 11 is 9.57. The highest BCUT2D eigenvalue weighted by Crippen LogP contribution is 2.34. The van der Waals surface area contributed by atoms with Crippen molar-refractivity contribution in [1.82, 2.24) is 9.88 Å². The molecule has 32 heavy (non-hydrogen) atoms. The molecule has 0 saturated carbocycles. The van der Waals surface area contributed by atoms with Gasteiger partial charge in [0.15, 0.2) is 0 Å². The van der Waals surface area contributed by atoms with Gasteiger partial charge in [-0.1, -0.05) is 39.7 Å². The summed E-state index contributed by atoms with van der Waals surface area (Å²) in [7, 11) is 0. The third kappa shape index (κ3) is 3.63. The first-order valence-electron chi connectivity index (χ1n) is 10.4. The van der Waals surface area contributed by atoms with Crippen LogP contribution < -0.4 is 5.32 Å². The van der Waals surface area contributed by atoms with Crippen LogP contribution >= 0.6 is 27.5 Å². The van der Waals surface area contributed by atoms with Crippen LogP contribution in [0.3, 0.4) is 0 Å². The van der Waals surface area contributed by atoms with E-state index < -0.39 is 0 Å². The van der Waals surface area contributed by atoms with Crippen LogP contribution in [0.5, 0.6) is 0 Å². The highest BCUT2D eigenvalue weighted by Gasteiger charge is 2.32. The van der Waals surface area contributed by atoms with E-state index in [0.29, 0.717) is 29.1 Å². The van der Waals surface area contributed by atoms with Crippen molar-refractivity contribution in [2.75, 3.05) is 18.4 Å². The normalized spacial score (nSPS) is 13.2. The van der Waals surface area contributed by atoms with Crippen molar-refractivity contribution < 1.29 is 9.59 Å². The predicted octanol–water partition coefficient (Wildman–Crippen LogP) is 6.29. The maximum absolute atomic E-state index is 13.0. The number of carbonyl (C=O) groups is 2. The lowest BCUT2D eigenvalue weighted by Crippen LogP contribution is -2.41. The SMILES string of the molecule is O=C1c2cccc3c(Br)ccc(c23)C(=O)N1CCCCNc1ccnc2cc(Cl)ccc12. The van der Waals surface area contributed by atoms with Gasteiger partial charge in [-0.2, -0.15) is 0 Å². The highest BCUT2D eigenvalue weighted by atomic mass is 79.9. The van der Waals surface area contributed by atoms with E-state index in [-0.39, 0.29) is 11.8 Å². The molecule has 0 unspecified atom stereocenters. The van der Waals surface area contributed by atoms with Gasteiger partial charge in [0.05, 0.1) is 5.52 Å². The first-order chi connectivity index (χ1) is 15.5. The zero-order valence-corrected chi connectivity index (χ0v) is 19.4. The minimum absolute atomic E-state index is 0.226. The third-order valence-corrected chi connectivity index (χ3v) is 6.69. The maximum Gasteiger partial charge on any atom is 0.261 e. The Hall–Kier alpha value is -2.96. The summed E-state index contributed by atoms with van der Waals surface area (Å²) < 4.78 is 0.879. The van der Waals surface area contributed by atoms with Crippen LogP contribution in [-0.2, 0) is 0 Å². The summed E-state index contributed by atoms with van der Waals surface area (Å²) in [6.45, 7) is 1.11. The number of carbonyl (C=O) groups excluding carboxylic acids is 2. The van der Waals surface area contributed by atoms with Crippen molar-refractivity contribution in [3.8, 4) is 0 Å². The lowest BCUT2D eigenvalue weighted by Gasteiger charge is -2.27. The fourth-order valence-corrected chi connectivity index (χ4v) is 4.84. The fourth-order valence-electron chi connectivity index (χ4n) is 4.21. The number of benzene rings is 3. The predicted molar refractivity (Wildman–Crippen MR) is 131 cm³/mol. The molecule has 5 nitrogen and oxygen atoms in total. The van der Waals surface area contributed by atoms with Gasteiger partial charge < -0.3 is 5.32 Å². The van der Waals surface area contributed by atoms with Gasteiger partial charge in [0.25, 0.3) is 11.8 Å². The van der Waals surface area contributed by atoms with Crippen LogP contribution in [-0.4, -0.2) is 34.8 Å². The number of aromatic nitrogens is 1. The molecule has 0 saturated heterocycles. The third-order valence-electron chi connectivity index (χ3n) is 5.77. The van der Waals surface area contributed by atoms with Crippen molar-refractivity contribution in [3.63, 3.8) is 0 Å². The number of anilines is 1. The Kier molecular flexibility index (Phi) is 5.57. The van der Waals surface area contributed by atoms with Gasteiger partial charge in [0.2, 0.25) is 0 Å². The number of imide groups is 1. The fraction of sp³-hybridized carbons (Fsp3) is 0.160. The number of rotatable bonds is 6. The molecular weight excluding hydrogens is 490 g/mol. The van der Waals surface area contributed by atoms with Crippen molar-refractivity contribution in [1.29, 1.82) is 0 Å². The monoisotopic (exact) mass is 507 g/mol. The van der Waals surface area contributed by atoms with Crippen LogP contribution in [0, 0.1) is 0 Å². The van der Waals surface area contributed by atoms with E-state index in [1.54, 1.807) is 18.3 Å². The van der Waals surface area contributed by atoms with E-state index in [4.69, 9.17) is 11.6 Å². The van der Waals surface area contributed by atoms with Crippen LogP contribution in [0.15, 0.2) is 65.3 Å². The molecule has 4 aromatic rings. The molecule has 3 aromatic carbocycles. The van der Waals surface area contributed by atoms with E-state index in [0.717, 1.165) is 44.8 Å². The number of hydrogen-bond acceptors (Lipinski definition) is 4. The Labute approximate surface area is 198 Å². The quantitative estimate of drug-likeness (QED) is 0.245. The smallest absolute Gasteiger partial charge is 0.261 e. The molecule has 0 fully saturated rings. The topological polar surface area (TPSA) is 62.3 Å². The van der Waals surface area contributed by atoms with Crippen molar-refractivity contribution in [2.24, 2.45) is 0 Å². The molecule has 2 heterocycles. The van der Waals surface area contributed by atoms with Gasteiger partial charge in [-0.05, 0) is 60.7 Å². The second-order valence-corrected chi connectivity index (χ2v) is 9.03. The second kappa shape index (κ2) is 8.52. The summed E-state index contributed by atoms with van der Waals surface area (Å²) in [4.78, 5) is 31.8. The second-order valence-electron chi connectivity index (χ2n) is 7.74. The van der Waals surface area contributed by atoms with E-state index in [1.165, 1.54) is 4.90 Å². The minimum atomic E-state index is -0.226. The zero-order chi connectivity index (χ0) is 22.2. The van der Waals surface area contributed by atoms with Gasteiger partial charge in [-0.25, -0.2) is 0 Å². The lowest BCUT2D eigenvalue weighted by atomic mass is 9.94. The largest absolute Gasteiger partial charge is 0.384 e. The first-order valence-corrected chi connectivity index (χ1v) is 11.6. The molecule has 0 atom stereocenters. The summed E-state index contributed by atoms with van der Waals surface area (Å²) in [5, 5.41) is 6.71. The molecule has 0 aliphatic carbocycles. The van der Waals surface area contributed by atoms with E-state index in [9.17, 15) is 9.59 Å². The number of hydrogen-bond donors (Lipinski definition) is 1. The molecule has 1 aliphatic rings. The van der Waals surface area contributed by atoms with Crippen LogP contribution in [0.4, 0.5) is 5.69 Å². The van der Waals surface area contributed by atoms with E-state index in [1.807, 2.05) is 42.5 Å². The number of amides is 2. The van der Waals surface area contributed by atoms with Crippen molar-refractivity contribution in [3.05, 3.63) is 81.4 Å². The molecule has 2 amide bonds. The average Bonchev–Trinajstić information content (AvgIpc) is 2.80. The van der Waals surface area contributed by atoms with Crippen LogP contribution in [0.2, 0.25) is 5.02 Å². The summed E-state index contributed by atoms with van der Waals surface area (Å²) in [6.07, 6.45) is 3.27. The molecule has 160 valence electrons. The van der Waals surface area contributed by atoms with Crippen molar-refractivity contribution >= 4 is 66.7 Å². The highest BCUT2D eigenvalue weighted by molar-refractivity contribution is 9.10. The van der Waals surface area contributed by atoms with Crippen LogP contribution in [0.1, 0.15) is 33.6 Å². The standard InChI is InChI=1S/C25H19BrClN3O2/c26-20-9-8-19-23-16(20)4-3-5-18(23)24(31)30(25(19)32)13-2-1-11-28-21-10-12-29-22-14-15(27)6-7-17(21)22/h3-10,12,14H,1-2,11,13H2,(H,28,29). The molecule has 5 rings (SSSR count). The molecule has 7 heteroatoms. The summed E-state index contributed by atoms with van der Waals surface area (Å²) in [5.41, 5.74) is 2.99. The lowest BCUT2D eigenvalue weighted by molar-refractivity contribution is 0.0608. The molecule has 0 radical (unpaired) electrons. The number of nitrogens with one attached hydrogen (secondary N) is 1.